The Morgan fingerprint density at radius 3 is 2.27 bits per heavy atom. The van der Waals surface area contributed by atoms with Crippen molar-refractivity contribution in [2.24, 2.45) is 0 Å². The second-order valence-electron chi connectivity index (χ2n) is 1.77. The summed E-state index contributed by atoms with van der Waals surface area (Å²) in [6.07, 6.45) is -0.463. The van der Waals surface area contributed by atoms with Gasteiger partial charge in [0.1, 0.15) is 6.04 Å². The van der Waals surface area contributed by atoms with Crippen molar-refractivity contribution >= 4 is 18.3 Å². The van der Waals surface area contributed by atoms with E-state index in [2.05, 4.69) is 0 Å². The van der Waals surface area contributed by atoms with Crippen LogP contribution in [0.4, 0.5) is 0 Å². The maximum Gasteiger partial charge on any atom is 0.326 e. The molecule has 0 aromatic rings. The number of carbonyl (C=O) groups excluding carboxylic acids is 1. The van der Waals surface area contributed by atoms with E-state index in [1.807, 2.05) is 5.32 Å². The molecule has 0 unspecified atom stereocenters. The van der Waals surface area contributed by atoms with Gasteiger partial charge in [0.15, 0.2) is 0 Å². The summed E-state index contributed by atoms with van der Waals surface area (Å²) in [7, 11) is 0. The summed E-state index contributed by atoms with van der Waals surface area (Å²) in [5.41, 5.74) is 0. The van der Waals surface area contributed by atoms with Crippen LogP contribution < -0.4 is 5.32 Å². The lowest BCUT2D eigenvalue weighted by molar-refractivity contribution is -0.146. The van der Waals surface area contributed by atoms with Crippen LogP contribution in [0.2, 0.25) is 0 Å². The van der Waals surface area contributed by atoms with Gasteiger partial charge in [-0.2, -0.15) is 0 Å². The SMILES string of the molecule is O=CN[C@H](CC(=O)O)C(=O)O. The Kier molecular flexibility index (Phi) is 3.65. The number of carboxylic acid groups (broad SMARTS) is 2. The fourth-order valence-corrected chi connectivity index (χ4v) is 0.474. The van der Waals surface area contributed by atoms with Crippen molar-refractivity contribution in [3.8, 4) is 0 Å². The molecule has 0 aliphatic heterocycles. The van der Waals surface area contributed by atoms with Gasteiger partial charge in [-0.25, -0.2) is 4.79 Å². The maximum atomic E-state index is 10.1. The van der Waals surface area contributed by atoms with Crippen LogP contribution in [0.25, 0.3) is 0 Å². The van der Waals surface area contributed by atoms with Crippen LogP contribution in [0.1, 0.15) is 6.42 Å². The van der Waals surface area contributed by atoms with Crippen molar-refractivity contribution in [2.45, 2.75) is 12.5 Å². The minimum Gasteiger partial charge on any atom is -0.481 e. The molecule has 0 heterocycles. The zero-order chi connectivity index (χ0) is 8.85. The predicted octanol–water partition coefficient (Wildman–Crippen LogP) is -1.34. The maximum absolute atomic E-state index is 10.1. The monoisotopic (exact) mass is 161 g/mol. The van der Waals surface area contributed by atoms with E-state index in [1.165, 1.54) is 0 Å². The van der Waals surface area contributed by atoms with Crippen molar-refractivity contribution in [3.63, 3.8) is 0 Å². The van der Waals surface area contributed by atoms with Crippen LogP contribution in [0.15, 0.2) is 0 Å². The Morgan fingerprint density at radius 2 is 2.00 bits per heavy atom. The molecule has 0 aromatic carbocycles. The van der Waals surface area contributed by atoms with Gasteiger partial charge in [0, 0.05) is 0 Å². The number of carbonyl (C=O) groups is 3. The Bertz CT molecular complexity index is 178. The first-order chi connectivity index (χ1) is 5.07. The average molecular weight is 161 g/mol. The molecule has 0 aliphatic rings. The lowest BCUT2D eigenvalue weighted by Gasteiger charge is -2.06. The molecule has 0 bridgehead atoms. The van der Waals surface area contributed by atoms with Gasteiger partial charge in [0.25, 0.3) is 0 Å². The van der Waals surface area contributed by atoms with E-state index in [4.69, 9.17) is 10.2 Å². The smallest absolute Gasteiger partial charge is 0.326 e. The fourth-order valence-electron chi connectivity index (χ4n) is 0.474. The molecule has 3 N–H and O–H groups in total. The van der Waals surface area contributed by atoms with Gasteiger partial charge >= 0.3 is 11.9 Å². The van der Waals surface area contributed by atoms with E-state index in [-0.39, 0.29) is 6.41 Å². The summed E-state index contributed by atoms with van der Waals surface area (Å²) in [5.74, 6) is -2.63. The minimum atomic E-state index is -1.36. The average Bonchev–Trinajstić information content (AvgIpc) is 1.86. The highest BCUT2D eigenvalue weighted by Gasteiger charge is 2.19. The summed E-state index contributed by atoms with van der Waals surface area (Å²) in [6, 6.07) is -1.34. The van der Waals surface area contributed by atoms with Crippen LogP contribution in [-0.2, 0) is 14.4 Å². The third kappa shape index (κ3) is 3.90. The molecular weight excluding hydrogens is 154 g/mol. The second kappa shape index (κ2) is 4.26. The summed E-state index contributed by atoms with van der Waals surface area (Å²) in [6.45, 7) is 0. The minimum absolute atomic E-state index is 0.154. The summed E-state index contributed by atoms with van der Waals surface area (Å²) >= 11 is 0. The highest BCUT2D eigenvalue weighted by Crippen LogP contribution is 1.90. The van der Waals surface area contributed by atoms with Gasteiger partial charge in [0.05, 0.1) is 6.42 Å². The summed E-state index contributed by atoms with van der Waals surface area (Å²) in [4.78, 5) is 29.8. The standard InChI is InChI=1S/C5H7NO5/c7-2-6-3(5(10)11)1-4(8)9/h2-3H,1H2,(H,6,7)(H,8,9)(H,10,11)/t3-/m1/s1. The zero-order valence-electron chi connectivity index (χ0n) is 5.48. The van der Waals surface area contributed by atoms with E-state index in [0.29, 0.717) is 0 Å². The molecule has 0 aliphatic carbocycles. The molecule has 62 valence electrons. The number of nitrogens with one attached hydrogen (secondary N) is 1. The van der Waals surface area contributed by atoms with Crippen molar-refractivity contribution in [3.05, 3.63) is 0 Å². The Hall–Kier alpha value is -1.59. The highest BCUT2D eigenvalue weighted by atomic mass is 16.4. The van der Waals surface area contributed by atoms with Crippen LogP contribution in [-0.4, -0.2) is 34.6 Å². The van der Waals surface area contributed by atoms with Gasteiger partial charge in [-0.15, -0.1) is 0 Å². The van der Waals surface area contributed by atoms with E-state index in [9.17, 15) is 14.4 Å². The lowest BCUT2D eigenvalue weighted by atomic mass is 10.2. The van der Waals surface area contributed by atoms with Gasteiger partial charge in [-0.05, 0) is 0 Å². The Balaban J connectivity index is 3.99. The van der Waals surface area contributed by atoms with E-state index >= 15 is 0 Å². The van der Waals surface area contributed by atoms with Gasteiger partial charge < -0.3 is 15.5 Å². The van der Waals surface area contributed by atoms with Crippen LogP contribution in [0.5, 0.6) is 0 Å². The van der Waals surface area contributed by atoms with Crippen molar-refractivity contribution in [1.82, 2.24) is 5.32 Å². The number of hydrogen-bond acceptors (Lipinski definition) is 3. The third-order valence-corrected chi connectivity index (χ3v) is 0.946. The first-order valence-corrected chi connectivity index (χ1v) is 2.72. The quantitative estimate of drug-likeness (QED) is 0.433. The second-order valence-corrected chi connectivity index (χ2v) is 1.77. The van der Waals surface area contributed by atoms with E-state index in [0.717, 1.165) is 0 Å². The molecule has 6 nitrogen and oxygen atoms in total. The van der Waals surface area contributed by atoms with E-state index < -0.39 is 24.4 Å². The number of carboxylic acids is 2. The number of rotatable bonds is 5. The largest absolute Gasteiger partial charge is 0.481 e. The van der Waals surface area contributed by atoms with Gasteiger partial charge in [-0.1, -0.05) is 0 Å². The van der Waals surface area contributed by atoms with Crippen LogP contribution >= 0.6 is 0 Å². The van der Waals surface area contributed by atoms with Crippen molar-refractivity contribution in [1.29, 1.82) is 0 Å². The third-order valence-electron chi connectivity index (χ3n) is 0.946. The number of amides is 1. The normalized spacial score (nSPS) is 11.6. The van der Waals surface area contributed by atoms with Crippen LogP contribution in [0.3, 0.4) is 0 Å². The molecular formula is C5H7NO5. The number of aliphatic carboxylic acids is 2. The highest BCUT2D eigenvalue weighted by molar-refractivity contribution is 5.82. The number of hydrogen-bond donors (Lipinski definition) is 3. The molecule has 0 aromatic heterocycles. The molecule has 11 heavy (non-hydrogen) atoms. The molecule has 6 heteroatoms. The lowest BCUT2D eigenvalue weighted by Crippen LogP contribution is -2.37. The molecule has 1 atom stereocenters. The van der Waals surface area contributed by atoms with Gasteiger partial charge in [-0.3, -0.25) is 9.59 Å². The molecule has 0 rings (SSSR count). The van der Waals surface area contributed by atoms with Crippen LogP contribution in [0, 0.1) is 0 Å². The molecule has 0 spiro atoms. The van der Waals surface area contributed by atoms with Crippen molar-refractivity contribution < 1.29 is 24.6 Å². The summed E-state index contributed by atoms with van der Waals surface area (Å²) in [5, 5.41) is 18.3. The molecule has 0 saturated carbocycles. The first-order valence-electron chi connectivity index (χ1n) is 2.72. The predicted molar refractivity (Wildman–Crippen MR) is 32.9 cm³/mol. The van der Waals surface area contributed by atoms with Gasteiger partial charge in [0.2, 0.25) is 6.41 Å². The first kappa shape index (κ1) is 9.41. The fraction of sp³-hybridized carbons (Fsp3) is 0.400. The molecule has 0 radical (unpaired) electrons. The summed E-state index contributed by atoms with van der Waals surface area (Å²) < 4.78 is 0. The van der Waals surface area contributed by atoms with E-state index in [1.54, 1.807) is 0 Å². The zero-order valence-corrected chi connectivity index (χ0v) is 5.48. The molecule has 0 saturated heterocycles. The molecule has 1 amide bonds. The Morgan fingerprint density at radius 1 is 1.45 bits per heavy atom. The topological polar surface area (TPSA) is 104 Å². The molecule has 0 fully saturated rings. The van der Waals surface area contributed by atoms with Crippen molar-refractivity contribution in [2.75, 3.05) is 0 Å². The Labute approximate surface area is 61.8 Å².